The van der Waals surface area contributed by atoms with Crippen molar-refractivity contribution in [1.29, 1.82) is 0 Å². The molecule has 1 rings (SSSR count). The Morgan fingerprint density at radius 2 is 2.00 bits per heavy atom. The second-order valence-electron chi connectivity index (χ2n) is 5.54. The minimum atomic E-state index is -0.307. The molecule has 0 heterocycles. The Balaban J connectivity index is 2.45. The van der Waals surface area contributed by atoms with Crippen LogP contribution in [0.15, 0.2) is 24.3 Å². The molecule has 1 unspecified atom stereocenters. The lowest BCUT2D eigenvalue weighted by atomic mass is 9.85. The van der Waals surface area contributed by atoms with Gasteiger partial charge in [-0.15, -0.1) is 0 Å². The predicted octanol–water partition coefficient (Wildman–Crippen LogP) is 2.21. The zero-order valence-electron chi connectivity index (χ0n) is 11.2. The Kier molecular flexibility index (Phi) is 4.84. The molecule has 1 atom stereocenters. The smallest absolute Gasteiger partial charge is 0.221 e. The maximum absolute atomic E-state index is 13.3. The first-order chi connectivity index (χ1) is 8.30. The minimum absolute atomic E-state index is 0.116. The van der Waals surface area contributed by atoms with Gasteiger partial charge in [0.25, 0.3) is 0 Å². The molecule has 1 amide bonds. The maximum atomic E-state index is 13.3. The van der Waals surface area contributed by atoms with Crippen molar-refractivity contribution in [3.8, 4) is 0 Å². The third-order valence-electron chi connectivity index (χ3n) is 2.95. The number of carbonyl (C=O) groups excluding carboxylic acids is 1. The van der Waals surface area contributed by atoms with E-state index in [1.807, 2.05) is 20.8 Å². The van der Waals surface area contributed by atoms with E-state index in [1.165, 1.54) is 6.07 Å². The normalized spacial score (nSPS) is 13.2. The molecule has 100 valence electrons. The van der Waals surface area contributed by atoms with Crippen molar-refractivity contribution >= 4 is 5.91 Å². The van der Waals surface area contributed by atoms with Gasteiger partial charge in [0, 0.05) is 24.6 Å². The van der Waals surface area contributed by atoms with Crippen LogP contribution in [0.4, 0.5) is 4.39 Å². The summed E-state index contributed by atoms with van der Waals surface area (Å²) in [5.41, 5.74) is 6.28. The molecule has 0 aliphatic carbocycles. The molecule has 0 aliphatic rings. The molecule has 0 spiro atoms. The summed E-state index contributed by atoms with van der Waals surface area (Å²) in [5, 5.41) is 2.68. The van der Waals surface area contributed by atoms with E-state index in [0.717, 1.165) is 0 Å². The average Bonchev–Trinajstić information content (AvgIpc) is 2.26. The number of amides is 1. The van der Waals surface area contributed by atoms with E-state index < -0.39 is 0 Å². The molecule has 0 aromatic heterocycles. The average molecular weight is 252 g/mol. The number of rotatable bonds is 4. The van der Waals surface area contributed by atoms with Gasteiger partial charge in [0.1, 0.15) is 5.82 Å². The summed E-state index contributed by atoms with van der Waals surface area (Å²) < 4.78 is 13.3. The lowest BCUT2D eigenvalue weighted by molar-refractivity contribution is -0.122. The van der Waals surface area contributed by atoms with Crippen molar-refractivity contribution in [2.24, 2.45) is 11.1 Å². The molecule has 0 saturated heterocycles. The monoisotopic (exact) mass is 252 g/mol. The number of halogens is 1. The van der Waals surface area contributed by atoms with Gasteiger partial charge in [-0.1, -0.05) is 39.0 Å². The van der Waals surface area contributed by atoms with E-state index in [2.05, 4.69) is 5.32 Å². The summed E-state index contributed by atoms with van der Waals surface area (Å²) in [4.78, 5) is 11.7. The first-order valence-electron chi connectivity index (χ1n) is 6.06. The lowest BCUT2D eigenvalue weighted by Crippen LogP contribution is -2.40. The minimum Gasteiger partial charge on any atom is -0.352 e. The lowest BCUT2D eigenvalue weighted by Gasteiger charge is -2.26. The van der Waals surface area contributed by atoms with Crippen molar-refractivity contribution in [2.45, 2.75) is 39.8 Å². The highest BCUT2D eigenvalue weighted by Crippen LogP contribution is 2.19. The van der Waals surface area contributed by atoms with Crippen LogP contribution >= 0.6 is 0 Å². The topological polar surface area (TPSA) is 55.1 Å². The van der Waals surface area contributed by atoms with Gasteiger partial charge in [-0.2, -0.15) is 0 Å². The van der Waals surface area contributed by atoms with Gasteiger partial charge in [0.15, 0.2) is 0 Å². The Labute approximate surface area is 108 Å². The highest BCUT2D eigenvalue weighted by atomic mass is 19.1. The number of hydrogen-bond acceptors (Lipinski definition) is 2. The Morgan fingerprint density at radius 3 is 2.56 bits per heavy atom. The summed E-state index contributed by atoms with van der Waals surface area (Å²) in [5.74, 6) is -0.460. The Morgan fingerprint density at radius 1 is 1.39 bits per heavy atom. The van der Waals surface area contributed by atoms with E-state index in [1.54, 1.807) is 18.2 Å². The van der Waals surface area contributed by atoms with Crippen LogP contribution in [-0.4, -0.2) is 11.9 Å². The molecule has 0 fully saturated rings. The van der Waals surface area contributed by atoms with E-state index in [0.29, 0.717) is 5.56 Å². The van der Waals surface area contributed by atoms with Crippen LogP contribution in [0.5, 0.6) is 0 Å². The molecular formula is C14H21FN2O. The largest absolute Gasteiger partial charge is 0.352 e. The van der Waals surface area contributed by atoms with E-state index in [-0.39, 0.29) is 36.1 Å². The van der Waals surface area contributed by atoms with Gasteiger partial charge in [0.05, 0.1) is 0 Å². The molecule has 1 aromatic rings. The summed E-state index contributed by atoms with van der Waals surface area (Å²) in [7, 11) is 0. The van der Waals surface area contributed by atoms with Crippen LogP contribution in [0.2, 0.25) is 0 Å². The Hall–Kier alpha value is -1.42. The molecule has 0 aliphatic heterocycles. The first kappa shape index (κ1) is 14.6. The van der Waals surface area contributed by atoms with Crippen molar-refractivity contribution < 1.29 is 9.18 Å². The summed E-state index contributed by atoms with van der Waals surface area (Å²) in [6.07, 6.45) is 0.248. The van der Waals surface area contributed by atoms with Crippen molar-refractivity contribution in [3.05, 3.63) is 35.6 Å². The molecule has 1 aromatic carbocycles. The van der Waals surface area contributed by atoms with Crippen molar-refractivity contribution in [2.75, 3.05) is 0 Å². The molecule has 18 heavy (non-hydrogen) atoms. The van der Waals surface area contributed by atoms with Gasteiger partial charge in [0.2, 0.25) is 5.91 Å². The van der Waals surface area contributed by atoms with Crippen molar-refractivity contribution in [3.63, 3.8) is 0 Å². The highest BCUT2D eigenvalue weighted by molar-refractivity contribution is 5.76. The predicted molar refractivity (Wildman–Crippen MR) is 70.3 cm³/mol. The first-order valence-corrected chi connectivity index (χ1v) is 6.06. The third-order valence-corrected chi connectivity index (χ3v) is 2.95. The standard InChI is InChI=1S/C14H21FN2O/c1-14(2,3)12(16)8-13(18)17-9-10-6-4-5-7-11(10)15/h4-7,12H,8-9,16H2,1-3H3,(H,17,18). The number of nitrogens with two attached hydrogens (primary N) is 1. The van der Waals surface area contributed by atoms with Gasteiger partial charge < -0.3 is 11.1 Å². The number of hydrogen-bond donors (Lipinski definition) is 2. The maximum Gasteiger partial charge on any atom is 0.221 e. The zero-order valence-corrected chi connectivity index (χ0v) is 11.2. The molecule has 0 bridgehead atoms. The Bertz CT molecular complexity index is 413. The summed E-state index contributed by atoms with van der Waals surface area (Å²) >= 11 is 0. The fourth-order valence-corrected chi connectivity index (χ4v) is 1.41. The SMILES string of the molecule is CC(C)(C)C(N)CC(=O)NCc1ccccc1F. The van der Waals surface area contributed by atoms with Gasteiger partial charge >= 0.3 is 0 Å². The summed E-state index contributed by atoms with van der Waals surface area (Å²) in [6, 6.07) is 6.18. The van der Waals surface area contributed by atoms with Gasteiger partial charge in [-0.25, -0.2) is 4.39 Å². The molecule has 3 nitrogen and oxygen atoms in total. The molecular weight excluding hydrogens is 231 g/mol. The highest BCUT2D eigenvalue weighted by Gasteiger charge is 2.22. The summed E-state index contributed by atoms with van der Waals surface area (Å²) in [6.45, 7) is 6.16. The molecule has 4 heteroatoms. The van der Waals surface area contributed by atoms with Crippen LogP contribution in [0.3, 0.4) is 0 Å². The molecule has 3 N–H and O–H groups in total. The van der Waals surface area contributed by atoms with Crippen LogP contribution in [0, 0.1) is 11.2 Å². The molecule has 0 radical (unpaired) electrons. The van der Waals surface area contributed by atoms with Crippen LogP contribution < -0.4 is 11.1 Å². The fraction of sp³-hybridized carbons (Fsp3) is 0.500. The van der Waals surface area contributed by atoms with Crippen molar-refractivity contribution in [1.82, 2.24) is 5.32 Å². The van der Waals surface area contributed by atoms with Gasteiger partial charge in [-0.05, 0) is 11.5 Å². The van der Waals surface area contributed by atoms with Crippen LogP contribution in [0.25, 0.3) is 0 Å². The quantitative estimate of drug-likeness (QED) is 0.863. The second-order valence-corrected chi connectivity index (χ2v) is 5.54. The third kappa shape index (κ3) is 4.45. The number of nitrogens with one attached hydrogen (secondary N) is 1. The van der Waals surface area contributed by atoms with E-state index in [4.69, 9.17) is 5.73 Å². The zero-order chi connectivity index (χ0) is 13.8. The number of carbonyl (C=O) groups is 1. The second kappa shape index (κ2) is 5.96. The molecule has 0 saturated carbocycles. The fourth-order valence-electron chi connectivity index (χ4n) is 1.41. The van der Waals surface area contributed by atoms with Crippen LogP contribution in [-0.2, 0) is 11.3 Å². The van der Waals surface area contributed by atoms with E-state index >= 15 is 0 Å². The van der Waals surface area contributed by atoms with E-state index in [9.17, 15) is 9.18 Å². The van der Waals surface area contributed by atoms with Crippen LogP contribution in [0.1, 0.15) is 32.8 Å². The number of benzene rings is 1. The van der Waals surface area contributed by atoms with Gasteiger partial charge in [-0.3, -0.25) is 4.79 Å².